The molecule has 5 heteroatoms. The van der Waals surface area contributed by atoms with Crippen LogP contribution in [-0.2, 0) is 4.74 Å². The highest BCUT2D eigenvalue weighted by molar-refractivity contribution is 5.95. The number of hydrogen-bond donors (Lipinski definition) is 1. The van der Waals surface area contributed by atoms with Gasteiger partial charge in [-0.1, -0.05) is 0 Å². The maximum atomic E-state index is 11.6. The zero-order valence-corrected chi connectivity index (χ0v) is 13.6. The minimum atomic E-state index is -0.455. The van der Waals surface area contributed by atoms with Crippen LogP contribution in [0.2, 0.25) is 0 Å². The number of benzene rings is 1. The SMILES string of the molecule is COC(=O)c1cc(OCCN(C(C)C)C(C)C)ccc1N. The Kier molecular flexibility index (Phi) is 6.49. The lowest BCUT2D eigenvalue weighted by Gasteiger charge is -2.30. The number of carbonyl (C=O) groups excluding carboxylic acids is 1. The van der Waals surface area contributed by atoms with Crippen molar-refractivity contribution in [3.8, 4) is 5.75 Å². The molecule has 118 valence electrons. The summed E-state index contributed by atoms with van der Waals surface area (Å²) in [5.41, 5.74) is 6.48. The highest BCUT2D eigenvalue weighted by Gasteiger charge is 2.14. The fourth-order valence-electron chi connectivity index (χ4n) is 2.29. The number of carbonyl (C=O) groups is 1. The normalized spacial score (nSPS) is 11.2. The van der Waals surface area contributed by atoms with Crippen LogP contribution in [0.4, 0.5) is 5.69 Å². The molecule has 1 aromatic rings. The third kappa shape index (κ3) is 4.93. The van der Waals surface area contributed by atoms with E-state index >= 15 is 0 Å². The Morgan fingerprint density at radius 2 is 1.86 bits per heavy atom. The first kappa shape index (κ1) is 17.3. The minimum Gasteiger partial charge on any atom is -0.492 e. The van der Waals surface area contributed by atoms with Crippen LogP contribution in [0.25, 0.3) is 0 Å². The van der Waals surface area contributed by atoms with Gasteiger partial charge < -0.3 is 15.2 Å². The molecule has 0 aliphatic carbocycles. The Labute approximate surface area is 127 Å². The molecule has 0 saturated carbocycles. The predicted octanol–water partition coefficient (Wildman–Crippen LogP) is 2.55. The molecule has 0 aromatic heterocycles. The third-order valence-corrected chi connectivity index (χ3v) is 3.37. The molecule has 0 unspecified atom stereocenters. The van der Waals surface area contributed by atoms with Gasteiger partial charge in [0.25, 0.3) is 0 Å². The van der Waals surface area contributed by atoms with Crippen molar-refractivity contribution >= 4 is 11.7 Å². The van der Waals surface area contributed by atoms with E-state index in [0.29, 0.717) is 35.7 Å². The lowest BCUT2D eigenvalue weighted by atomic mass is 10.2. The molecule has 1 rings (SSSR count). The number of rotatable bonds is 7. The quantitative estimate of drug-likeness (QED) is 0.618. The van der Waals surface area contributed by atoms with Gasteiger partial charge in [-0.25, -0.2) is 4.79 Å². The first-order valence-electron chi connectivity index (χ1n) is 7.23. The van der Waals surface area contributed by atoms with E-state index in [2.05, 4.69) is 32.6 Å². The molecule has 0 amide bonds. The molecule has 0 fully saturated rings. The molecule has 0 spiro atoms. The highest BCUT2D eigenvalue weighted by atomic mass is 16.5. The van der Waals surface area contributed by atoms with E-state index in [-0.39, 0.29) is 0 Å². The van der Waals surface area contributed by atoms with Crippen molar-refractivity contribution in [2.45, 2.75) is 39.8 Å². The Bertz CT molecular complexity index is 465. The molecule has 21 heavy (non-hydrogen) atoms. The van der Waals surface area contributed by atoms with Gasteiger partial charge in [-0.3, -0.25) is 4.90 Å². The number of nitrogen functional groups attached to an aromatic ring is 1. The van der Waals surface area contributed by atoms with Crippen LogP contribution in [0.3, 0.4) is 0 Å². The Morgan fingerprint density at radius 1 is 1.24 bits per heavy atom. The Hall–Kier alpha value is -1.75. The van der Waals surface area contributed by atoms with Crippen LogP contribution in [0.1, 0.15) is 38.1 Å². The first-order valence-corrected chi connectivity index (χ1v) is 7.23. The Balaban J connectivity index is 2.66. The van der Waals surface area contributed by atoms with E-state index in [4.69, 9.17) is 15.2 Å². The number of methoxy groups -OCH3 is 1. The fourth-order valence-corrected chi connectivity index (χ4v) is 2.29. The summed E-state index contributed by atoms with van der Waals surface area (Å²) in [4.78, 5) is 13.9. The van der Waals surface area contributed by atoms with E-state index in [1.165, 1.54) is 7.11 Å². The number of hydrogen-bond acceptors (Lipinski definition) is 5. The smallest absolute Gasteiger partial charge is 0.340 e. The van der Waals surface area contributed by atoms with Crippen molar-refractivity contribution in [2.24, 2.45) is 0 Å². The number of anilines is 1. The monoisotopic (exact) mass is 294 g/mol. The minimum absolute atomic E-state index is 0.333. The summed E-state index contributed by atoms with van der Waals surface area (Å²) in [5.74, 6) is 0.168. The van der Waals surface area contributed by atoms with Crippen molar-refractivity contribution in [1.82, 2.24) is 4.90 Å². The van der Waals surface area contributed by atoms with Gasteiger partial charge in [-0.2, -0.15) is 0 Å². The summed E-state index contributed by atoms with van der Waals surface area (Å²) >= 11 is 0. The maximum Gasteiger partial charge on any atom is 0.340 e. The molecular weight excluding hydrogens is 268 g/mol. The molecular formula is C16H26N2O3. The topological polar surface area (TPSA) is 64.8 Å². The van der Waals surface area contributed by atoms with Gasteiger partial charge in [-0.05, 0) is 45.9 Å². The zero-order chi connectivity index (χ0) is 16.0. The molecule has 5 nitrogen and oxygen atoms in total. The van der Waals surface area contributed by atoms with Crippen molar-refractivity contribution in [3.05, 3.63) is 23.8 Å². The molecule has 0 heterocycles. The summed E-state index contributed by atoms with van der Waals surface area (Å²) in [6, 6.07) is 5.97. The van der Waals surface area contributed by atoms with Crippen molar-refractivity contribution in [2.75, 3.05) is 26.0 Å². The molecule has 0 aliphatic rings. The van der Waals surface area contributed by atoms with E-state index < -0.39 is 5.97 Å². The second kappa shape index (κ2) is 7.88. The fraction of sp³-hybridized carbons (Fsp3) is 0.562. The van der Waals surface area contributed by atoms with E-state index in [1.807, 2.05) is 0 Å². The second-order valence-electron chi connectivity index (χ2n) is 5.51. The number of esters is 1. The molecule has 0 radical (unpaired) electrons. The van der Waals surface area contributed by atoms with Gasteiger partial charge >= 0.3 is 5.97 Å². The predicted molar refractivity (Wildman–Crippen MR) is 84.7 cm³/mol. The average molecular weight is 294 g/mol. The number of ether oxygens (including phenoxy) is 2. The largest absolute Gasteiger partial charge is 0.492 e. The van der Waals surface area contributed by atoms with Gasteiger partial charge in [0.15, 0.2) is 0 Å². The molecule has 0 aliphatic heterocycles. The van der Waals surface area contributed by atoms with Crippen LogP contribution in [0, 0.1) is 0 Å². The van der Waals surface area contributed by atoms with Crippen LogP contribution < -0.4 is 10.5 Å². The molecule has 0 bridgehead atoms. The van der Waals surface area contributed by atoms with Gasteiger partial charge in [0.1, 0.15) is 12.4 Å². The highest BCUT2D eigenvalue weighted by Crippen LogP contribution is 2.20. The van der Waals surface area contributed by atoms with E-state index in [0.717, 1.165) is 6.54 Å². The number of nitrogens with zero attached hydrogens (tertiary/aromatic N) is 1. The summed E-state index contributed by atoms with van der Waals surface area (Å²) in [6.45, 7) is 10.0. The molecule has 1 aromatic carbocycles. The van der Waals surface area contributed by atoms with Crippen LogP contribution in [-0.4, -0.2) is 43.2 Å². The summed E-state index contributed by atoms with van der Waals surface area (Å²) in [7, 11) is 1.33. The van der Waals surface area contributed by atoms with Crippen molar-refractivity contribution in [1.29, 1.82) is 0 Å². The van der Waals surface area contributed by atoms with E-state index in [1.54, 1.807) is 18.2 Å². The van der Waals surface area contributed by atoms with Crippen LogP contribution >= 0.6 is 0 Å². The molecule has 0 saturated heterocycles. The van der Waals surface area contributed by atoms with Gasteiger partial charge in [-0.15, -0.1) is 0 Å². The third-order valence-electron chi connectivity index (χ3n) is 3.37. The summed E-state index contributed by atoms with van der Waals surface area (Å²) in [5, 5.41) is 0. The standard InChI is InChI=1S/C16H26N2O3/c1-11(2)18(12(3)4)8-9-21-13-6-7-15(17)14(10-13)16(19)20-5/h6-7,10-12H,8-9,17H2,1-5H3. The number of nitrogens with two attached hydrogens (primary N) is 1. The molecule has 2 N–H and O–H groups in total. The van der Waals surface area contributed by atoms with Gasteiger partial charge in [0.05, 0.1) is 12.7 Å². The lowest BCUT2D eigenvalue weighted by molar-refractivity contribution is 0.0601. The second-order valence-corrected chi connectivity index (χ2v) is 5.51. The molecule has 0 atom stereocenters. The average Bonchev–Trinajstić information content (AvgIpc) is 2.43. The zero-order valence-electron chi connectivity index (χ0n) is 13.6. The van der Waals surface area contributed by atoms with Crippen molar-refractivity contribution in [3.63, 3.8) is 0 Å². The van der Waals surface area contributed by atoms with E-state index in [9.17, 15) is 4.79 Å². The summed E-state index contributed by atoms with van der Waals surface area (Å²) in [6.07, 6.45) is 0. The van der Waals surface area contributed by atoms with Crippen LogP contribution in [0.5, 0.6) is 5.75 Å². The lowest BCUT2D eigenvalue weighted by Crippen LogP contribution is -2.39. The summed E-state index contributed by atoms with van der Waals surface area (Å²) < 4.78 is 10.4. The van der Waals surface area contributed by atoms with Gasteiger partial charge in [0.2, 0.25) is 0 Å². The van der Waals surface area contributed by atoms with Crippen molar-refractivity contribution < 1.29 is 14.3 Å². The van der Waals surface area contributed by atoms with Gasteiger partial charge in [0, 0.05) is 24.3 Å². The first-order chi connectivity index (χ1) is 9.86. The van der Waals surface area contributed by atoms with Crippen LogP contribution in [0.15, 0.2) is 18.2 Å². The maximum absolute atomic E-state index is 11.6. The Morgan fingerprint density at radius 3 is 2.38 bits per heavy atom.